The van der Waals surface area contributed by atoms with Crippen LogP contribution in [0.2, 0.25) is 0 Å². The van der Waals surface area contributed by atoms with Crippen LogP contribution in [0.5, 0.6) is 0 Å². The molecule has 0 atom stereocenters. The Kier molecular flexibility index (Phi) is 7.58. The normalized spacial score (nSPS) is 11.8. The Bertz CT molecular complexity index is 566. The highest BCUT2D eigenvalue weighted by Gasteiger charge is 2.22. The Morgan fingerprint density at radius 1 is 1.29 bits per heavy atom. The van der Waals surface area contributed by atoms with Crippen molar-refractivity contribution in [2.45, 2.75) is 24.8 Å². The molecule has 0 amide bonds. The van der Waals surface area contributed by atoms with Gasteiger partial charge in [0.25, 0.3) is 0 Å². The van der Waals surface area contributed by atoms with Gasteiger partial charge in [-0.3, -0.25) is 0 Å². The van der Waals surface area contributed by atoms with Crippen LogP contribution >= 0.6 is 11.8 Å². The number of thioether (sulfide) groups is 1. The van der Waals surface area contributed by atoms with Gasteiger partial charge in [-0.25, -0.2) is 21.9 Å². The minimum Gasteiger partial charge on any atom is -0.313 e. The lowest BCUT2D eigenvalue weighted by Gasteiger charge is -2.11. The quantitative estimate of drug-likeness (QED) is 0.677. The summed E-state index contributed by atoms with van der Waals surface area (Å²) in [6.45, 7) is 2.50. The number of nitrogens with one attached hydrogen (secondary N) is 2. The maximum Gasteiger partial charge on any atom is 0.243 e. The van der Waals surface area contributed by atoms with Crippen molar-refractivity contribution >= 4 is 21.8 Å². The van der Waals surface area contributed by atoms with E-state index in [2.05, 4.69) is 10.0 Å². The van der Waals surface area contributed by atoms with E-state index in [0.717, 1.165) is 17.9 Å². The third kappa shape index (κ3) is 5.21. The molecule has 0 aliphatic rings. The van der Waals surface area contributed by atoms with Crippen molar-refractivity contribution in [2.24, 2.45) is 0 Å². The van der Waals surface area contributed by atoms with Crippen molar-refractivity contribution in [3.8, 4) is 0 Å². The molecule has 8 heteroatoms. The molecular weight excluding hydrogens is 318 g/mol. The summed E-state index contributed by atoms with van der Waals surface area (Å²) < 4.78 is 54.3. The number of sulfonamides is 1. The maximum absolute atomic E-state index is 14.2. The molecule has 1 aromatic carbocycles. The lowest BCUT2D eigenvalue weighted by atomic mass is 10.2. The standard InChI is InChI=1S/C13H20F2N2O2S2/c1-3-16-9-10-11(14)5-6-12(13(10)15)21(18,19)17-7-4-8-20-2/h5-6,16-17H,3-4,7-9H2,1-2H3. The Balaban J connectivity index is 2.96. The summed E-state index contributed by atoms with van der Waals surface area (Å²) in [4.78, 5) is -0.513. The van der Waals surface area contributed by atoms with Crippen LogP contribution in [-0.4, -0.2) is 33.5 Å². The molecule has 0 heterocycles. The smallest absolute Gasteiger partial charge is 0.243 e. The maximum atomic E-state index is 14.2. The van der Waals surface area contributed by atoms with Crippen molar-refractivity contribution in [1.29, 1.82) is 0 Å². The average molecular weight is 338 g/mol. The molecule has 0 bridgehead atoms. The van der Waals surface area contributed by atoms with E-state index < -0.39 is 26.6 Å². The zero-order valence-corrected chi connectivity index (χ0v) is 13.7. The predicted molar refractivity (Wildman–Crippen MR) is 81.9 cm³/mol. The number of hydrogen-bond donors (Lipinski definition) is 2. The number of halogens is 2. The lowest BCUT2D eigenvalue weighted by molar-refractivity contribution is 0.514. The fourth-order valence-electron chi connectivity index (χ4n) is 1.70. The first-order chi connectivity index (χ1) is 9.94. The van der Waals surface area contributed by atoms with Gasteiger partial charge in [-0.1, -0.05) is 6.92 Å². The van der Waals surface area contributed by atoms with Gasteiger partial charge in [-0.2, -0.15) is 11.8 Å². The van der Waals surface area contributed by atoms with Crippen LogP contribution in [0.15, 0.2) is 17.0 Å². The molecule has 0 fully saturated rings. The van der Waals surface area contributed by atoms with Crippen LogP contribution in [-0.2, 0) is 16.6 Å². The van der Waals surface area contributed by atoms with E-state index >= 15 is 0 Å². The van der Waals surface area contributed by atoms with E-state index in [4.69, 9.17) is 0 Å². The Hall–Kier alpha value is -0.700. The largest absolute Gasteiger partial charge is 0.313 e. The molecule has 4 nitrogen and oxygen atoms in total. The summed E-state index contributed by atoms with van der Waals surface area (Å²) in [5, 5.41) is 2.79. The molecule has 1 aromatic rings. The molecule has 0 spiro atoms. The molecule has 1 rings (SSSR count). The third-order valence-electron chi connectivity index (χ3n) is 2.81. The Labute approximate surface area is 128 Å². The minimum absolute atomic E-state index is 0.0516. The van der Waals surface area contributed by atoms with Crippen LogP contribution in [0.3, 0.4) is 0 Å². The molecule has 2 N–H and O–H groups in total. The predicted octanol–water partition coefficient (Wildman–Crippen LogP) is 2.11. The zero-order valence-electron chi connectivity index (χ0n) is 12.1. The topological polar surface area (TPSA) is 58.2 Å². The molecule has 120 valence electrons. The lowest BCUT2D eigenvalue weighted by Crippen LogP contribution is -2.27. The van der Waals surface area contributed by atoms with Gasteiger partial charge in [-0.15, -0.1) is 0 Å². The highest BCUT2D eigenvalue weighted by atomic mass is 32.2. The van der Waals surface area contributed by atoms with Crippen LogP contribution in [0.1, 0.15) is 18.9 Å². The third-order valence-corrected chi connectivity index (χ3v) is 4.98. The van der Waals surface area contributed by atoms with Crippen molar-refractivity contribution in [3.63, 3.8) is 0 Å². The monoisotopic (exact) mass is 338 g/mol. The van der Waals surface area contributed by atoms with E-state index in [1.807, 2.05) is 6.26 Å². The second-order valence-corrected chi connectivity index (χ2v) is 7.08. The van der Waals surface area contributed by atoms with Gasteiger partial charge in [-0.05, 0) is 37.1 Å². The van der Waals surface area contributed by atoms with Crippen LogP contribution in [0.25, 0.3) is 0 Å². The van der Waals surface area contributed by atoms with Crippen molar-refractivity contribution in [2.75, 3.05) is 25.1 Å². The summed E-state index contributed by atoms with van der Waals surface area (Å²) in [5.41, 5.74) is -0.260. The molecule has 21 heavy (non-hydrogen) atoms. The van der Waals surface area contributed by atoms with Crippen molar-refractivity contribution in [1.82, 2.24) is 10.0 Å². The van der Waals surface area contributed by atoms with Crippen LogP contribution in [0.4, 0.5) is 8.78 Å². The molecule has 0 aliphatic carbocycles. The second-order valence-electron chi connectivity index (χ2n) is 4.36. The highest BCUT2D eigenvalue weighted by Crippen LogP contribution is 2.21. The van der Waals surface area contributed by atoms with E-state index in [-0.39, 0.29) is 18.7 Å². The Morgan fingerprint density at radius 2 is 2.00 bits per heavy atom. The molecular formula is C13H20F2N2O2S2. The van der Waals surface area contributed by atoms with Gasteiger partial charge in [0, 0.05) is 18.7 Å². The molecule has 0 saturated carbocycles. The minimum atomic E-state index is -3.96. The Morgan fingerprint density at radius 3 is 2.62 bits per heavy atom. The van der Waals surface area contributed by atoms with Crippen molar-refractivity contribution in [3.05, 3.63) is 29.3 Å². The van der Waals surface area contributed by atoms with Crippen LogP contribution < -0.4 is 10.0 Å². The van der Waals surface area contributed by atoms with Crippen molar-refractivity contribution < 1.29 is 17.2 Å². The molecule has 0 radical (unpaired) electrons. The van der Waals surface area contributed by atoms with Gasteiger partial charge >= 0.3 is 0 Å². The molecule has 0 aliphatic heterocycles. The number of benzene rings is 1. The van der Waals surface area contributed by atoms with Gasteiger partial charge in [0.2, 0.25) is 10.0 Å². The van der Waals surface area contributed by atoms with Gasteiger partial charge < -0.3 is 5.32 Å². The van der Waals surface area contributed by atoms with Gasteiger partial charge in [0.1, 0.15) is 10.7 Å². The first-order valence-electron chi connectivity index (χ1n) is 6.60. The summed E-state index contributed by atoms with van der Waals surface area (Å²) in [5.74, 6) is -0.983. The van der Waals surface area contributed by atoms with E-state index in [1.165, 1.54) is 0 Å². The van der Waals surface area contributed by atoms with E-state index in [0.29, 0.717) is 13.0 Å². The molecule has 0 saturated heterocycles. The highest BCUT2D eigenvalue weighted by molar-refractivity contribution is 7.98. The molecule has 0 aromatic heterocycles. The molecule has 0 unspecified atom stereocenters. The fourth-order valence-corrected chi connectivity index (χ4v) is 3.30. The summed E-state index contributed by atoms with van der Waals surface area (Å²) in [6.07, 6.45) is 2.56. The number of rotatable bonds is 9. The SMILES string of the molecule is CCNCc1c(F)ccc(S(=O)(=O)NCCCSC)c1F. The fraction of sp³-hybridized carbons (Fsp3) is 0.538. The summed E-state index contributed by atoms with van der Waals surface area (Å²) >= 11 is 1.60. The summed E-state index contributed by atoms with van der Waals surface area (Å²) in [7, 11) is -3.96. The van der Waals surface area contributed by atoms with E-state index in [1.54, 1.807) is 18.7 Å². The van der Waals surface area contributed by atoms with Gasteiger partial charge in [0.05, 0.1) is 0 Å². The first kappa shape index (κ1) is 18.3. The average Bonchev–Trinajstić information content (AvgIpc) is 2.43. The first-order valence-corrected chi connectivity index (χ1v) is 9.48. The van der Waals surface area contributed by atoms with E-state index in [9.17, 15) is 17.2 Å². The van der Waals surface area contributed by atoms with Gasteiger partial charge in [0.15, 0.2) is 5.82 Å². The summed E-state index contributed by atoms with van der Waals surface area (Å²) in [6, 6.07) is 1.93. The van der Waals surface area contributed by atoms with Crippen LogP contribution in [0, 0.1) is 11.6 Å². The second kappa shape index (κ2) is 8.67. The number of hydrogen-bond acceptors (Lipinski definition) is 4. The zero-order chi connectivity index (χ0) is 15.9.